The van der Waals surface area contributed by atoms with Crippen LogP contribution in [0.5, 0.6) is 0 Å². The van der Waals surface area contributed by atoms with E-state index in [1.54, 1.807) is 0 Å². The summed E-state index contributed by atoms with van der Waals surface area (Å²) in [7, 11) is 0. The lowest BCUT2D eigenvalue weighted by atomic mass is 9.98. The Hall–Kier alpha value is -0.820. The predicted octanol–water partition coefficient (Wildman–Crippen LogP) is 2.86. The van der Waals surface area contributed by atoms with E-state index in [0.717, 1.165) is 18.4 Å². The van der Waals surface area contributed by atoms with Crippen LogP contribution in [0.25, 0.3) is 0 Å². The molecule has 13 heavy (non-hydrogen) atoms. The first-order valence-corrected chi connectivity index (χ1v) is 4.98. The van der Waals surface area contributed by atoms with Crippen molar-refractivity contribution in [3.8, 4) is 0 Å². The van der Waals surface area contributed by atoms with Crippen LogP contribution < -0.4 is 0 Å². The Balaban J connectivity index is 3.10. The molecule has 0 aromatic heterocycles. The molecule has 0 aliphatic carbocycles. The molecule has 0 radical (unpaired) electrons. The molecule has 0 fully saturated rings. The first-order valence-electron chi connectivity index (χ1n) is 4.98. The summed E-state index contributed by atoms with van der Waals surface area (Å²) in [6, 6.07) is 6.38. The van der Waals surface area contributed by atoms with Gasteiger partial charge in [-0.15, -0.1) is 0 Å². The monoisotopic (exact) mass is 178 g/mol. The van der Waals surface area contributed by atoms with E-state index in [1.807, 2.05) is 6.92 Å². The van der Waals surface area contributed by atoms with Crippen LogP contribution in [0.4, 0.5) is 0 Å². The molecule has 1 rings (SSSR count). The van der Waals surface area contributed by atoms with E-state index in [2.05, 4.69) is 32.0 Å². The fourth-order valence-corrected chi connectivity index (χ4v) is 1.58. The SMILES string of the molecule is CCc1ccc(CC)c([C@@H](C)O)c1. The van der Waals surface area contributed by atoms with Crippen LogP contribution in [-0.2, 0) is 12.8 Å². The zero-order valence-corrected chi connectivity index (χ0v) is 8.67. The third-order valence-corrected chi connectivity index (χ3v) is 2.45. The van der Waals surface area contributed by atoms with Gasteiger partial charge in [0.25, 0.3) is 0 Å². The zero-order valence-electron chi connectivity index (χ0n) is 8.67. The minimum absolute atomic E-state index is 0.346. The van der Waals surface area contributed by atoms with Crippen LogP contribution in [0.1, 0.15) is 43.6 Å². The first-order chi connectivity index (χ1) is 6.19. The summed E-state index contributed by atoms with van der Waals surface area (Å²) in [4.78, 5) is 0. The molecule has 0 heterocycles. The number of aliphatic hydroxyl groups excluding tert-OH is 1. The zero-order chi connectivity index (χ0) is 9.84. The molecular formula is C12H18O. The van der Waals surface area contributed by atoms with E-state index in [1.165, 1.54) is 11.1 Å². The third-order valence-electron chi connectivity index (χ3n) is 2.45. The predicted molar refractivity (Wildman–Crippen MR) is 55.8 cm³/mol. The van der Waals surface area contributed by atoms with Crippen molar-refractivity contribution >= 4 is 0 Å². The number of benzene rings is 1. The second-order valence-corrected chi connectivity index (χ2v) is 3.42. The standard InChI is InChI=1S/C12H18O/c1-4-10-6-7-11(5-2)12(8-10)9(3)13/h6-9,13H,4-5H2,1-3H3/t9-/m1/s1. The number of aryl methyl sites for hydroxylation is 2. The molecule has 1 aromatic rings. The summed E-state index contributed by atoms with van der Waals surface area (Å²) in [5, 5.41) is 9.56. The highest BCUT2D eigenvalue weighted by Gasteiger charge is 2.06. The van der Waals surface area contributed by atoms with Crippen LogP contribution >= 0.6 is 0 Å². The molecule has 0 aliphatic rings. The molecular weight excluding hydrogens is 160 g/mol. The molecule has 0 saturated carbocycles. The summed E-state index contributed by atoms with van der Waals surface area (Å²) in [5.41, 5.74) is 3.64. The van der Waals surface area contributed by atoms with Crippen LogP contribution in [0.15, 0.2) is 18.2 Å². The molecule has 1 aromatic carbocycles. The Bertz CT molecular complexity index is 276. The number of hydrogen-bond donors (Lipinski definition) is 1. The van der Waals surface area contributed by atoms with Gasteiger partial charge in [-0.25, -0.2) is 0 Å². The van der Waals surface area contributed by atoms with Gasteiger partial charge in [-0.1, -0.05) is 32.0 Å². The Morgan fingerprint density at radius 3 is 2.38 bits per heavy atom. The normalized spacial score (nSPS) is 12.9. The summed E-state index contributed by atoms with van der Waals surface area (Å²) in [6.07, 6.45) is 1.68. The van der Waals surface area contributed by atoms with Crippen molar-refractivity contribution in [3.05, 3.63) is 34.9 Å². The molecule has 0 spiro atoms. The Morgan fingerprint density at radius 2 is 1.92 bits per heavy atom. The number of aliphatic hydroxyl groups is 1. The maximum atomic E-state index is 9.56. The Morgan fingerprint density at radius 1 is 1.23 bits per heavy atom. The summed E-state index contributed by atoms with van der Waals surface area (Å²) >= 11 is 0. The molecule has 0 aliphatic heterocycles. The molecule has 1 atom stereocenters. The minimum Gasteiger partial charge on any atom is -0.389 e. The van der Waals surface area contributed by atoms with Gasteiger partial charge < -0.3 is 5.11 Å². The molecule has 0 bridgehead atoms. The van der Waals surface area contributed by atoms with Crippen LogP contribution in [0.3, 0.4) is 0 Å². The minimum atomic E-state index is -0.346. The van der Waals surface area contributed by atoms with E-state index < -0.39 is 0 Å². The molecule has 1 N–H and O–H groups in total. The highest BCUT2D eigenvalue weighted by Crippen LogP contribution is 2.20. The van der Waals surface area contributed by atoms with Crippen molar-refractivity contribution < 1.29 is 5.11 Å². The van der Waals surface area contributed by atoms with Crippen molar-refractivity contribution in [2.24, 2.45) is 0 Å². The molecule has 0 amide bonds. The van der Waals surface area contributed by atoms with Crippen molar-refractivity contribution in [3.63, 3.8) is 0 Å². The Labute approximate surface area is 80.4 Å². The van der Waals surface area contributed by atoms with Gasteiger partial charge in [-0.2, -0.15) is 0 Å². The van der Waals surface area contributed by atoms with Crippen molar-refractivity contribution in [2.45, 2.75) is 39.7 Å². The van der Waals surface area contributed by atoms with Crippen molar-refractivity contribution in [1.29, 1.82) is 0 Å². The highest BCUT2D eigenvalue weighted by molar-refractivity contribution is 5.33. The summed E-state index contributed by atoms with van der Waals surface area (Å²) in [6.45, 7) is 6.08. The largest absolute Gasteiger partial charge is 0.389 e. The van der Waals surface area contributed by atoms with Crippen LogP contribution in [-0.4, -0.2) is 5.11 Å². The van der Waals surface area contributed by atoms with Gasteiger partial charge in [0, 0.05) is 0 Å². The topological polar surface area (TPSA) is 20.2 Å². The van der Waals surface area contributed by atoms with Gasteiger partial charge in [0.2, 0.25) is 0 Å². The average molecular weight is 178 g/mol. The van der Waals surface area contributed by atoms with Gasteiger partial charge in [0.05, 0.1) is 6.10 Å². The first kappa shape index (κ1) is 10.3. The average Bonchev–Trinajstić information content (AvgIpc) is 2.16. The quantitative estimate of drug-likeness (QED) is 0.754. The van der Waals surface area contributed by atoms with Gasteiger partial charge in [0.15, 0.2) is 0 Å². The van der Waals surface area contributed by atoms with E-state index in [9.17, 15) is 5.11 Å². The lowest BCUT2D eigenvalue weighted by Crippen LogP contribution is -1.98. The maximum absolute atomic E-state index is 9.56. The van der Waals surface area contributed by atoms with E-state index in [4.69, 9.17) is 0 Å². The highest BCUT2D eigenvalue weighted by atomic mass is 16.3. The summed E-state index contributed by atoms with van der Waals surface area (Å²) in [5.74, 6) is 0. The van der Waals surface area contributed by atoms with Gasteiger partial charge in [-0.3, -0.25) is 0 Å². The van der Waals surface area contributed by atoms with Gasteiger partial charge in [0.1, 0.15) is 0 Å². The molecule has 72 valence electrons. The molecule has 1 heteroatoms. The van der Waals surface area contributed by atoms with Crippen LogP contribution in [0.2, 0.25) is 0 Å². The third kappa shape index (κ3) is 2.31. The fourth-order valence-electron chi connectivity index (χ4n) is 1.58. The van der Waals surface area contributed by atoms with E-state index in [0.29, 0.717) is 0 Å². The number of hydrogen-bond acceptors (Lipinski definition) is 1. The molecule has 1 nitrogen and oxygen atoms in total. The Kier molecular flexibility index (Phi) is 3.49. The lowest BCUT2D eigenvalue weighted by Gasteiger charge is -2.12. The lowest BCUT2D eigenvalue weighted by molar-refractivity contribution is 0.198. The number of rotatable bonds is 3. The van der Waals surface area contributed by atoms with Crippen LogP contribution in [0, 0.1) is 0 Å². The van der Waals surface area contributed by atoms with Crippen molar-refractivity contribution in [2.75, 3.05) is 0 Å². The van der Waals surface area contributed by atoms with Crippen molar-refractivity contribution in [1.82, 2.24) is 0 Å². The maximum Gasteiger partial charge on any atom is 0.0764 e. The molecule has 0 saturated heterocycles. The van der Waals surface area contributed by atoms with Gasteiger partial charge >= 0.3 is 0 Å². The summed E-state index contributed by atoms with van der Waals surface area (Å²) < 4.78 is 0. The van der Waals surface area contributed by atoms with E-state index in [-0.39, 0.29) is 6.10 Å². The second-order valence-electron chi connectivity index (χ2n) is 3.42. The van der Waals surface area contributed by atoms with E-state index >= 15 is 0 Å². The smallest absolute Gasteiger partial charge is 0.0764 e. The van der Waals surface area contributed by atoms with Gasteiger partial charge in [-0.05, 0) is 36.5 Å². The molecule has 0 unspecified atom stereocenters. The second kappa shape index (κ2) is 4.43. The fraction of sp³-hybridized carbons (Fsp3) is 0.500.